The molecule has 4 heterocycles. The molecule has 7 nitrogen and oxygen atoms in total. The summed E-state index contributed by atoms with van der Waals surface area (Å²) in [6, 6.07) is 13.3. The fourth-order valence-corrected chi connectivity index (χ4v) is 2.83. The minimum Gasteiger partial charge on any atom is -0.485 e. The van der Waals surface area contributed by atoms with E-state index in [0.29, 0.717) is 24.0 Å². The first-order valence-electron chi connectivity index (χ1n) is 7.89. The number of nitrogens with zero attached hydrogens (tertiary/aromatic N) is 5. The molecule has 0 saturated carbocycles. The second-order valence-corrected chi connectivity index (χ2v) is 5.61. The van der Waals surface area contributed by atoms with Crippen LogP contribution in [0.25, 0.3) is 17.0 Å². The molecule has 0 amide bonds. The van der Waals surface area contributed by atoms with Crippen LogP contribution in [-0.4, -0.2) is 31.2 Å². The van der Waals surface area contributed by atoms with E-state index in [9.17, 15) is 0 Å². The Hall–Kier alpha value is -3.48. The molecule has 1 unspecified atom stereocenters. The van der Waals surface area contributed by atoms with Crippen LogP contribution in [0.4, 0.5) is 0 Å². The van der Waals surface area contributed by atoms with Gasteiger partial charge in [-0.2, -0.15) is 9.50 Å². The fraction of sp³-hybridized carbons (Fsp3) is 0.111. The molecular weight excluding hydrogens is 318 g/mol. The number of para-hydroxylation sites is 2. The summed E-state index contributed by atoms with van der Waals surface area (Å²) in [5, 5.41) is 4.60. The topological polar surface area (TPSA) is 74.4 Å². The molecular formula is C18H13N5O2. The summed E-state index contributed by atoms with van der Waals surface area (Å²) in [5.41, 5.74) is 1.88. The summed E-state index contributed by atoms with van der Waals surface area (Å²) in [4.78, 5) is 12.9. The summed E-state index contributed by atoms with van der Waals surface area (Å²) >= 11 is 0. The molecule has 0 aliphatic carbocycles. The summed E-state index contributed by atoms with van der Waals surface area (Å²) in [6.45, 7) is 0.360. The van der Waals surface area contributed by atoms with Crippen molar-refractivity contribution in [2.45, 2.75) is 6.10 Å². The van der Waals surface area contributed by atoms with E-state index in [1.165, 1.54) is 0 Å². The summed E-state index contributed by atoms with van der Waals surface area (Å²) in [6.07, 6.45) is 4.84. The van der Waals surface area contributed by atoms with Gasteiger partial charge in [-0.25, -0.2) is 4.98 Å². The zero-order valence-corrected chi connectivity index (χ0v) is 13.1. The minimum absolute atomic E-state index is 0.360. The van der Waals surface area contributed by atoms with Gasteiger partial charge in [-0.1, -0.05) is 12.1 Å². The average Bonchev–Trinajstić information content (AvgIpc) is 3.12. The van der Waals surface area contributed by atoms with Crippen molar-refractivity contribution in [2.24, 2.45) is 0 Å². The van der Waals surface area contributed by atoms with Gasteiger partial charge in [0.25, 0.3) is 5.78 Å². The van der Waals surface area contributed by atoms with E-state index < -0.39 is 0 Å². The minimum atomic E-state index is -0.373. The second kappa shape index (κ2) is 5.55. The molecule has 0 N–H and O–H groups in total. The van der Waals surface area contributed by atoms with Gasteiger partial charge in [-0.05, 0) is 30.3 Å². The molecule has 0 bridgehead atoms. The van der Waals surface area contributed by atoms with E-state index in [1.807, 2.05) is 42.5 Å². The van der Waals surface area contributed by atoms with Crippen molar-refractivity contribution in [2.75, 3.05) is 6.61 Å². The molecule has 1 aromatic carbocycles. The Kier molecular flexibility index (Phi) is 3.09. The number of pyridine rings is 1. The van der Waals surface area contributed by atoms with Gasteiger partial charge < -0.3 is 9.47 Å². The molecule has 0 radical (unpaired) electrons. The molecule has 25 heavy (non-hydrogen) atoms. The lowest BCUT2D eigenvalue weighted by atomic mass is 10.2. The van der Waals surface area contributed by atoms with Gasteiger partial charge in [0.1, 0.15) is 6.61 Å². The zero-order chi connectivity index (χ0) is 16.6. The maximum absolute atomic E-state index is 5.99. The van der Waals surface area contributed by atoms with Crippen LogP contribution in [0.3, 0.4) is 0 Å². The average molecular weight is 331 g/mol. The highest BCUT2D eigenvalue weighted by Gasteiger charge is 2.26. The van der Waals surface area contributed by atoms with Crippen molar-refractivity contribution in [1.29, 1.82) is 0 Å². The Morgan fingerprint density at radius 2 is 1.80 bits per heavy atom. The van der Waals surface area contributed by atoms with Gasteiger partial charge in [0.2, 0.25) is 0 Å². The molecule has 0 fully saturated rings. The van der Waals surface area contributed by atoms with E-state index >= 15 is 0 Å². The van der Waals surface area contributed by atoms with Gasteiger partial charge in [0.05, 0.1) is 5.69 Å². The lowest BCUT2D eigenvalue weighted by Crippen LogP contribution is -2.22. The first-order valence-corrected chi connectivity index (χ1v) is 7.89. The number of fused-ring (bicyclic) bond motifs is 2. The lowest BCUT2D eigenvalue weighted by Gasteiger charge is -2.24. The highest BCUT2D eigenvalue weighted by atomic mass is 16.6. The first kappa shape index (κ1) is 13.9. The molecule has 122 valence electrons. The molecule has 0 saturated heterocycles. The molecule has 1 atom stereocenters. The Morgan fingerprint density at radius 3 is 2.68 bits per heavy atom. The Morgan fingerprint density at radius 1 is 0.960 bits per heavy atom. The van der Waals surface area contributed by atoms with Crippen molar-refractivity contribution in [3.8, 4) is 22.8 Å². The molecule has 4 aromatic rings. The molecule has 7 heteroatoms. The number of ether oxygens (including phenoxy) is 2. The highest BCUT2D eigenvalue weighted by Crippen LogP contribution is 2.35. The second-order valence-electron chi connectivity index (χ2n) is 5.61. The lowest BCUT2D eigenvalue weighted by molar-refractivity contribution is 0.0852. The van der Waals surface area contributed by atoms with Gasteiger partial charge in [-0.3, -0.25) is 4.98 Å². The number of benzene rings is 1. The van der Waals surface area contributed by atoms with Crippen molar-refractivity contribution in [1.82, 2.24) is 24.6 Å². The third-order valence-corrected chi connectivity index (χ3v) is 4.03. The van der Waals surface area contributed by atoms with Crippen molar-refractivity contribution < 1.29 is 9.47 Å². The maximum Gasteiger partial charge on any atom is 0.253 e. The third-order valence-electron chi connectivity index (χ3n) is 4.03. The number of rotatable bonds is 2. The van der Waals surface area contributed by atoms with Crippen LogP contribution >= 0.6 is 0 Å². The van der Waals surface area contributed by atoms with Gasteiger partial charge >= 0.3 is 0 Å². The van der Waals surface area contributed by atoms with Crippen LogP contribution in [0, 0.1) is 0 Å². The smallest absolute Gasteiger partial charge is 0.253 e. The molecule has 1 aliphatic rings. The van der Waals surface area contributed by atoms with Crippen molar-refractivity contribution in [3.63, 3.8) is 0 Å². The van der Waals surface area contributed by atoms with E-state index in [2.05, 4.69) is 20.1 Å². The summed E-state index contributed by atoms with van der Waals surface area (Å²) < 4.78 is 13.5. The largest absolute Gasteiger partial charge is 0.485 e. The van der Waals surface area contributed by atoms with E-state index in [1.54, 1.807) is 23.1 Å². The van der Waals surface area contributed by atoms with E-state index in [4.69, 9.17) is 9.47 Å². The van der Waals surface area contributed by atoms with Crippen LogP contribution < -0.4 is 9.47 Å². The SMILES string of the molecule is c1ccc2c(c1)OCC(c1nc3nccc(-c4ccncc4)n3n1)O2. The van der Waals surface area contributed by atoms with Crippen molar-refractivity contribution in [3.05, 3.63) is 66.9 Å². The Balaban J connectivity index is 1.56. The van der Waals surface area contributed by atoms with E-state index in [0.717, 1.165) is 17.0 Å². The number of hydrogen-bond acceptors (Lipinski definition) is 6. The quantitative estimate of drug-likeness (QED) is 0.562. The van der Waals surface area contributed by atoms with Crippen LogP contribution in [0.15, 0.2) is 61.1 Å². The van der Waals surface area contributed by atoms with Crippen LogP contribution in [0.2, 0.25) is 0 Å². The molecule has 3 aromatic heterocycles. The molecule has 5 rings (SSSR count). The number of aromatic nitrogens is 5. The summed E-state index contributed by atoms with van der Waals surface area (Å²) in [7, 11) is 0. The Labute approximate surface area is 142 Å². The number of hydrogen-bond donors (Lipinski definition) is 0. The standard InChI is InChI=1S/C18H13N5O2/c1-2-4-15-14(3-1)24-11-16(25-15)17-21-18-20-10-7-13(23(18)22-17)12-5-8-19-9-6-12/h1-10,16H,11H2. The third kappa shape index (κ3) is 2.37. The van der Waals surface area contributed by atoms with Crippen LogP contribution in [-0.2, 0) is 0 Å². The predicted octanol–water partition coefficient (Wildman–Crippen LogP) is 2.70. The van der Waals surface area contributed by atoms with Crippen LogP contribution in [0.5, 0.6) is 11.5 Å². The highest BCUT2D eigenvalue weighted by molar-refractivity contribution is 5.60. The molecule has 0 spiro atoms. The van der Waals surface area contributed by atoms with Crippen molar-refractivity contribution >= 4 is 5.78 Å². The zero-order valence-electron chi connectivity index (χ0n) is 13.1. The van der Waals surface area contributed by atoms with Gasteiger partial charge in [-0.15, -0.1) is 5.10 Å². The monoisotopic (exact) mass is 331 g/mol. The Bertz CT molecular complexity index is 1050. The van der Waals surface area contributed by atoms with Gasteiger partial charge in [0, 0.05) is 24.2 Å². The van der Waals surface area contributed by atoms with E-state index in [-0.39, 0.29) is 6.10 Å². The van der Waals surface area contributed by atoms with Gasteiger partial charge in [0.15, 0.2) is 23.4 Å². The molecule has 1 aliphatic heterocycles. The fourth-order valence-electron chi connectivity index (χ4n) is 2.83. The summed E-state index contributed by atoms with van der Waals surface area (Å²) in [5.74, 6) is 2.49. The van der Waals surface area contributed by atoms with Crippen LogP contribution in [0.1, 0.15) is 11.9 Å². The maximum atomic E-state index is 5.99. The predicted molar refractivity (Wildman–Crippen MR) is 89.3 cm³/mol. The first-order chi connectivity index (χ1) is 12.4. The normalized spacial score (nSPS) is 16.1.